The molecule has 1 saturated carbocycles. The maximum atomic E-state index is 12.4. The fourth-order valence-electron chi connectivity index (χ4n) is 4.37. The van der Waals surface area contributed by atoms with Gasteiger partial charge in [0.25, 0.3) is 5.82 Å². The van der Waals surface area contributed by atoms with Crippen LogP contribution >= 0.6 is 0 Å². The highest BCUT2D eigenvalue weighted by Gasteiger charge is 2.34. The molecule has 5 rings (SSSR count). The van der Waals surface area contributed by atoms with E-state index in [1.807, 2.05) is 11.9 Å². The highest BCUT2D eigenvalue weighted by Crippen LogP contribution is 2.34. The second-order valence-corrected chi connectivity index (χ2v) is 9.00. The van der Waals surface area contributed by atoms with Gasteiger partial charge in [0, 0.05) is 13.1 Å². The van der Waals surface area contributed by atoms with Crippen LogP contribution in [0, 0.1) is 5.92 Å². The minimum atomic E-state index is -0.0825. The summed E-state index contributed by atoms with van der Waals surface area (Å²) < 4.78 is 7.66. The van der Waals surface area contributed by atoms with Crippen molar-refractivity contribution in [3.63, 3.8) is 0 Å². The number of anilines is 3. The number of rotatable bonds is 7. The lowest BCUT2D eigenvalue weighted by Crippen LogP contribution is -2.44. The predicted octanol–water partition coefficient (Wildman–Crippen LogP) is 1.83. The number of hydrogen-bond acceptors (Lipinski definition) is 6. The number of aromatic nitrogens is 2. The first-order valence-electron chi connectivity index (χ1n) is 11.2. The summed E-state index contributed by atoms with van der Waals surface area (Å²) in [6.07, 6.45) is 4.99. The molecule has 1 aromatic heterocycles. The zero-order chi connectivity index (χ0) is 21.4. The number of amides is 1. The molecule has 8 heteroatoms. The lowest BCUT2D eigenvalue weighted by Gasteiger charge is -2.28. The molecule has 0 unspecified atom stereocenters. The topological polar surface area (TPSA) is 87.6 Å². The van der Waals surface area contributed by atoms with Gasteiger partial charge in [0.1, 0.15) is 6.54 Å². The van der Waals surface area contributed by atoms with Crippen molar-refractivity contribution in [1.82, 2.24) is 9.88 Å². The highest BCUT2D eigenvalue weighted by atomic mass is 16.5. The summed E-state index contributed by atoms with van der Waals surface area (Å²) in [6, 6.07) is 9.12. The molecule has 3 heterocycles. The van der Waals surface area contributed by atoms with Crippen molar-refractivity contribution >= 4 is 23.2 Å². The summed E-state index contributed by atoms with van der Waals surface area (Å²) in [4.78, 5) is 21.7. The van der Waals surface area contributed by atoms with Gasteiger partial charge in [-0.15, -0.1) is 0 Å². The van der Waals surface area contributed by atoms with Gasteiger partial charge in [-0.25, -0.2) is 0 Å². The molecule has 2 fully saturated rings. The van der Waals surface area contributed by atoms with Crippen LogP contribution in [-0.4, -0.2) is 42.0 Å². The van der Waals surface area contributed by atoms with E-state index in [0.717, 1.165) is 12.1 Å². The number of nitrogens with one attached hydrogen (secondary N) is 1. The Morgan fingerprint density at radius 3 is 2.71 bits per heavy atom. The maximum absolute atomic E-state index is 12.4. The van der Waals surface area contributed by atoms with Crippen molar-refractivity contribution in [3.8, 4) is 6.01 Å². The largest absolute Gasteiger partial charge is 0.440 e. The second-order valence-electron chi connectivity index (χ2n) is 9.00. The van der Waals surface area contributed by atoms with Gasteiger partial charge in [-0.2, -0.15) is 4.57 Å². The Hall–Kier alpha value is -2.87. The van der Waals surface area contributed by atoms with Gasteiger partial charge in [-0.3, -0.25) is 9.69 Å². The number of benzene rings is 1. The van der Waals surface area contributed by atoms with Gasteiger partial charge >= 0.3 is 6.01 Å². The summed E-state index contributed by atoms with van der Waals surface area (Å²) in [6.45, 7) is 4.82. The van der Waals surface area contributed by atoms with E-state index in [9.17, 15) is 4.79 Å². The van der Waals surface area contributed by atoms with Crippen molar-refractivity contribution in [2.45, 2.75) is 38.8 Å². The lowest BCUT2D eigenvalue weighted by atomic mass is 10.1. The third-order valence-corrected chi connectivity index (χ3v) is 6.34. The molecule has 1 amide bonds. The molecule has 0 radical (unpaired) electrons. The fraction of sp³-hybridized carbons (Fsp3) is 0.522. The van der Waals surface area contributed by atoms with E-state index < -0.39 is 0 Å². The number of nitrogens with two attached hydrogens (primary N) is 1. The van der Waals surface area contributed by atoms with Crippen LogP contribution in [-0.2, 0) is 24.9 Å². The Morgan fingerprint density at radius 2 is 1.97 bits per heavy atom. The van der Waals surface area contributed by atoms with Crippen LogP contribution in [0.1, 0.15) is 36.8 Å². The summed E-state index contributed by atoms with van der Waals surface area (Å²) >= 11 is 0. The Balaban J connectivity index is 1.39. The standard InChI is InChI=1S/C23H30N6O2/c1-27-21(24)20-22(26-23(27)31-15-16-7-8-16)29(14-19(30)25-20)13-18-6-4-5-17(11-18)12-28-9-2-3-10-28/h4-6,11,16,24H,2-3,7-10,12-15H2,1H3,(H,25,30)/p+1. The first-order valence-corrected chi connectivity index (χ1v) is 11.2. The molecular weight excluding hydrogens is 392 g/mol. The minimum Gasteiger partial charge on any atom is -0.440 e. The molecular formula is C23H31N6O2+. The number of ether oxygens (including phenoxy) is 1. The average molecular weight is 424 g/mol. The molecule has 1 aromatic carbocycles. The van der Waals surface area contributed by atoms with E-state index in [1.54, 1.807) is 4.57 Å². The van der Waals surface area contributed by atoms with Crippen LogP contribution in [0.2, 0.25) is 0 Å². The predicted molar refractivity (Wildman–Crippen MR) is 119 cm³/mol. The van der Waals surface area contributed by atoms with E-state index in [1.165, 1.54) is 44.3 Å². The Morgan fingerprint density at radius 1 is 1.23 bits per heavy atom. The number of carbonyl (C=O) groups excluding carboxylic acids is 1. The van der Waals surface area contributed by atoms with E-state index in [4.69, 9.17) is 15.5 Å². The quantitative estimate of drug-likeness (QED) is 0.661. The van der Waals surface area contributed by atoms with Gasteiger partial charge in [0.2, 0.25) is 11.7 Å². The molecule has 31 heavy (non-hydrogen) atoms. The van der Waals surface area contributed by atoms with Crippen LogP contribution in [0.15, 0.2) is 24.3 Å². The van der Waals surface area contributed by atoms with Crippen molar-refractivity contribution in [2.75, 3.05) is 42.2 Å². The molecule has 2 aromatic rings. The van der Waals surface area contributed by atoms with E-state index in [-0.39, 0.29) is 12.5 Å². The second kappa shape index (κ2) is 8.34. The van der Waals surface area contributed by atoms with Crippen molar-refractivity contribution in [2.24, 2.45) is 13.0 Å². The summed E-state index contributed by atoms with van der Waals surface area (Å²) in [5.41, 5.74) is 9.38. The summed E-state index contributed by atoms with van der Waals surface area (Å²) in [7, 11) is 1.82. The van der Waals surface area contributed by atoms with Crippen LogP contribution in [0.4, 0.5) is 17.3 Å². The first-order chi connectivity index (χ1) is 15.1. The normalized spacial score (nSPS) is 18.7. The van der Waals surface area contributed by atoms with Crippen molar-refractivity contribution < 1.29 is 14.1 Å². The lowest BCUT2D eigenvalue weighted by molar-refractivity contribution is -0.665. The fourth-order valence-corrected chi connectivity index (χ4v) is 4.37. The van der Waals surface area contributed by atoms with Crippen molar-refractivity contribution in [3.05, 3.63) is 35.4 Å². The van der Waals surface area contributed by atoms with Crippen molar-refractivity contribution in [1.29, 1.82) is 0 Å². The number of nitrogen functional groups attached to an aromatic ring is 1. The number of hydrogen-bond donors (Lipinski definition) is 2. The molecule has 8 nitrogen and oxygen atoms in total. The average Bonchev–Trinajstić information content (AvgIpc) is 3.45. The Kier molecular flexibility index (Phi) is 5.40. The van der Waals surface area contributed by atoms with Crippen LogP contribution in [0.25, 0.3) is 0 Å². The maximum Gasteiger partial charge on any atom is 0.436 e. The van der Waals surface area contributed by atoms with Gasteiger partial charge in [-0.05, 0) is 60.8 Å². The highest BCUT2D eigenvalue weighted by molar-refractivity contribution is 6.02. The van der Waals surface area contributed by atoms with Crippen LogP contribution < -0.4 is 25.3 Å². The molecule has 1 saturated heterocycles. The molecule has 0 spiro atoms. The zero-order valence-corrected chi connectivity index (χ0v) is 18.1. The smallest absolute Gasteiger partial charge is 0.436 e. The van der Waals surface area contributed by atoms with Gasteiger partial charge in [0.15, 0.2) is 5.69 Å². The van der Waals surface area contributed by atoms with Crippen LogP contribution in [0.3, 0.4) is 0 Å². The third-order valence-electron chi connectivity index (χ3n) is 6.34. The monoisotopic (exact) mass is 423 g/mol. The molecule has 3 N–H and O–H groups in total. The van der Waals surface area contributed by atoms with Gasteiger partial charge < -0.3 is 20.7 Å². The summed E-state index contributed by atoms with van der Waals surface area (Å²) in [5.74, 6) is 1.66. The SMILES string of the molecule is C[n+]1c(OCC2CC2)nc2c(c1N)NC(=O)CN2Cc1cccc(CN2CCCC2)c1. The molecule has 1 aliphatic carbocycles. The number of nitrogens with zero attached hydrogens (tertiary/aromatic N) is 4. The first kappa shape index (κ1) is 20.1. The molecule has 0 bridgehead atoms. The molecule has 0 atom stereocenters. The van der Waals surface area contributed by atoms with Gasteiger partial charge in [-0.1, -0.05) is 24.3 Å². The number of fused-ring (bicyclic) bond motifs is 1. The molecule has 164 valence electrons. The Labute approximate surface area is 183 Å². The minimum absolute atomic E-state index is 0.0825. The van der Waals surface area contributed by atoms with E-state index >= 15 is 0 Å². The molecule has 2 aliphatic heterocycles. The number of carbonyl (C=O) groups is 1. The Bertz CT molecular complexity index is 984. The van der Waals surface area contributed by atoms with E-state index in [0.29, 0.717) is 42.4 Å². The van der Waals surface area contributed by atoms with Crippen LogP contribution in [0.5, 0.6) is 6.01 Å². The summed E-state index contributed by atoms with van der Waals surface area (Å²) in [5, 5.41) is 2.90. The zero-order valence-electron chi connectivity index (χ0n) is 18.1. The van der Waals surface area contributed by atoms with E-state index in [2.05, 4.69) is 34.5 Å². The van der Waals surface area contributed by atoms with Gasteiger partial charge in [0.05, 0.1) is 13.7 Å². The molecule has 3 aliphatic rings. The number of likely N-dealkylation sites (tertiary alicyclic amines) is 1. The third kappa shape index (κ3) is 4.44.